The van der Waals surface area contributed by atoms with Crippen LogP contribution in [0.3, 0.4) is 0 Å². The van der Waals surface area contributed by atoms with E-state index >= 15 is 0 Å². The lowest BCUT2D eigenvalue weighted by atomic mass is 10.0. The van der Waals surface area contributed by atoms with Crippen LogP contribution in [0, 0.1) is 20.8 Å². The van der Waals surface area contributed by atoms with E-state index in [-0.39, 0.29) is 17.7 Å². The third kappa shape index (κ3) is 2.82. The molecule has 7 heteroatoms. The maximum Gasteiger partial charge on any atom is 0.289 e. The predicted octanol–water partition coefficient (Wildman–Crippen LogP) is 3.07. The lowest BCUT2D eigenvalue weighted by Crippen LogP contribution is -2.27. The predicted molar refractivity (Wildman–Crippen MR) is 89.0 cm³/mol. The summed E-state index contributed by atoms with van der Waals surface area (Å²) in [7, 11) is 0. The minimum absolute atomic E-state index is 0.0339. The van der Waals surface area contributed by atoms with Crippen molar-refractivity contribution in [3.8, 4) is 11.4 Å². The summed E-state index contributed by atoms with van der Waals surface area (Å²) in [5.74, 6) is 1.67. The van der Waals surface area contributed by atoms with Crippen LogP contribution < -0.4 is 5.32 Å². The van der Waals surface area contributed by atoms with Crippen LogP contribution in [0.2, 0.25) is 0 Å². The number of nitrogens with zero attached hydrogens (tertiary/aromatic N) is 3. The molecule has 2 aromatic heterocycles. The zero-order valence-corrected chi connectivity index (χ0v) is 14.3. The second-order valence-corrected chi connectivity index (χ2v) is 6.26. The fourth-order valence-corrected chi connectivity index (χ4v) is 3.29. The second kappa shape index (κ2) is 5.84. The molecule has 2 heterocycles. The van der Waals surface area contributed by atoms with Gasteiger partial charge < -0.3 is 14.3 Å². The highest BCUT2D eigenvalue weighted by atomic mass is 16.5. The van der Waals surface area contributed by atoms with E-state index in [2.05, 4.69) is 26.5 Å². The van der Waals surface area contributed by atoms with Crippen molar-refractivity contribution in [1.29, 1.82) is 0 Å². The number of amides is 1. The molecule has 0 bridgehead atoms. The van der Waals surface area contributed by atoms with Crippen LogP contribution in [0.25, 0.3) is 11.4 Å². The van der Waals surface area contributed by atoms with Gasteiger partial charge in [-0.1, -0.05) is 17.3 Å². The SMILES string of the molecule is Cc1nc(-c2ccc3c(c2)CCC3NC(=O)c2oc(C)nc2C)no1. The van der Waals surface area contributed by atoms with E-state index in [9.17, 15) is 4.79 Å². The van der Waals surface area contributed by atoms with Crippen molar-refractivity contribution in [1.82, 2.24) is 20.4 Å². The standard InChI is InChI=1S/C18H18N4O3/c1-9-16(24-10(2)19-9)18(23)21-15-7-5-12-8-13(4-6-14(12)15)17-20-11(3)25-22-17/h4,6,8,15H,5,7H2,1-3H3,(H,21,23). The molecule has 1 amide bonds. The van der Waals surface area contributed by atoms with Crippen molar-refractivity contribution in [3.05, 3.63) is 52.6 Å². The van der Waals surface area contributed by atoms with E-state index in [1.165, 1.54) is 5.56 Å². The van der Waals surface area contributed by atoms with Gasteiger partial charge >= 0.3 is 0 Å². The summed E-state index contributed by atoms with van der Waals surface area (Å²) in [6, 6.07) is 6.01. The molecule has 3 aromatic rings. The van der Waals surface area contributed by atoms with E-state index in [1.54, 1.807) is 20.8 Å². The summed E-state index contributed by atoms with van der Waals surface area (Å²) in [5.41, 5.74) is 3.84. The highest BCUT2D eigenvalue weighted by molar-refractivity contribution is 5.92. The van der Waals surface area contributed by atoms with Crippen molar-refractivity contribution in [2.75, 3.05) is 0 Å². The maximum atomic E-state index is 12.5. The topological polar surface area (TPSA) is 94.1 Å². The number of hydrogen-bond acceptors (Lipinski definition) is 6. The summed E-state index contributed by atoms with van der Waals surface area (Å²) in [6.07, 6.45) is 1.74. The summed E-state index contributed by atoms with van der Waals surface area (Å²) in [6.45, 7) is 5.27. The Morgan fingerprint density at radius 3 is 2.72 bits per heavy atom. The number of rotatable bonds is 3. The molecular weight excluding hydrogens is 320 g/mol. The Bertz CT molecular complexity index is 957. The number of carbonyl (C=O) groups excluding carboxylic acids is 1. The minimum atomic E-state index is -0.228. The number of fused-ring (bicyclic) bond motifs is 1. The Morgan fingerprint density at radius 1 is 1.20 bits per heavy atom. The first kappa shape index (κ1) is 15.6. The molecule has 7 nitrogen and oxygen atoms in total. The fourth-order valence-electron chi connectivity index (χ4n) is 3.29. The number of nitrogens with one attached hydrogen (secondary N) is 1. The van der Waals surface area contributed by atoms with Gasteiger partial charge in [-0.3, -0.25) is 4.79 Å². The first-order valence-electron chi connectivity index (χ1n) is 8.19. The zero-order valence-electron chi connectivity index (χ0n) is 14.3. The molecule has 4 rings (SSSR count). The quantitative estimate of drug-likeness (QED) is 0.789. The lowest BCUT2D eigenvalue weighted by molar-refractivity contribution is 0.0906. The monoisotopic (exact) mass is 338 g/mol. The number of oxazole rings is 1. The van der Waals surface area contributed by atoms with E-state index < -0.39 is 0 Å². The first-order valence-corrected chi connectivity index (χ1v) is 8.19. The van der Waals surface area contributed by atoms with Crippen LogP contribution >= 0.6 is 0 Å². The van der Waals surface area contributed by atoms with Gasteiger partial charge in [0.1, 0.15) is 0 Å². The van der Waals surface area contributed by atoms with Crippen molar-refractivity contribution >= 4 is 5.91 Å². The van der Waals surface area contributed by atoms with Gasteiger partial charge in [0.15, 0.2) is 5.89 Å². The summed E-state index contributed by atoms with van der Waals surface area (Å²) in [4.78, 5) is 20.9. The van der Waals surface area contributed by atoms with Crippen LogP contribution in [0.4, 0.5) is 0 Å². The van der Waals surface area contributed by atoms with Gasteiger partial charge in [-0.2, -0.15) is 4.98 Å². The van der Waals surface area contributed by atoms with E-state index in [4.69, 9.17) is 8.94 Å². The van der Waals surface area contributed by atoms with Gasteiger partial charge in [0.2, 0.25) is 17.5 Å². The van der Waals surface area contributed by atoms with Crippen molar-refractivity contribution < 1.29 is 13.7 Å². The van der Waals surface area contributed by atoms with E-state index in [0.29, 0.717) is 23.3 Å². The minimum Gasteiger partial charge on any atom is -0.436 e. The second-order valence-electron chi connectivity index (χ2n) is 6.26. The molecule has 128 valence electrons. The molecule has 1 N–H and O–H groups in total. The van der Waals surface area contributed by atoms with E-state index in [1.807, 2.05) is 12.1 Å². The molecule has 1 aliphatic rings. The Balaban J connectivity index is 1.56. The Morgan fingerprint density at radius 2 is 2.04 bits per heavy atom. The number of benzene rings is 1. The third-order valence-electron chi connectivity index (χ3n) is 4.42. The van der Waals surface area contributed by atoms with Crippen molar-refractivity contribution in [2.24, 2.45) is 0 Å². The molecule has 0 fully saturated rings. The summed E-state index contributed by atoms with van der Waals surface area (Å²) < 4.78 is 10.4. The molecule has 0 radical (unpaired) electrons. The van der Waals surface area contributed by atoms with Crippen LogP contribution in [0.5, 0.6) is 0 Å². The average Bonchev–Trinajstić information content (AvgIpc) is 3.26. The molecule has 0 aliphatic heterocycles. The molecule has 0 saturated carbocycles. The van der Waals surface area contributed by atoms with Crippen LogP contribution in [-0.4, -0.2) is 21.0 Å². The van der Waals surface area contributed by atoms with Gasteiger partial charge in [0, 0.05) is 19.4 Å². The van der Waals surface area contributed by atoms with Gasteiger partial charge in [-0.25, -0.2) is 4.98 Å². The Kier molecular flexibility index (Phi) is 3.63. The Hall–Kier alpha value is -2.96. The number of aromatic nitrogens is 3. The van der Waals surface area contributed by atoms with Crippen LogP contribution in [-0.2, 0) is 6.42 Å². The Labute approximate surface area is 144 Å². The third-order valence-corrected chi connectivity index (χ3v) is 4.42. The number of carbonyl (C=O) groups is 1. The lowest BCUT2D eigenvalue weighted by Gasteiger charge is -2.13. The molecule has 1 aliphatic carbocycles. The molecule has 25 heavy (non-hydrogen) atoms. The normalized spacial score (nSPS) is 16.0. The highest BCUT2D eigenvalue weighted by Crippen LogP contribution is 2.34. The zero-order chi connectivity index (χ0) is 17.6. The van der Waals surface area contributed by atoms with Gasteiger partial charge in [0.05, 0.1) is 11.7 Å². The molecule has 1 aromatic carbocycles. The average molecular weight is 338 g/mol. The van der Waals surface area contributed by atoms with Crippen molar-refractivity contribution in [2.45, 2.75) is 39.7 Å². The van der Waals surface area contributed by atoms with Gasteiger partial charge in [-0.05, 0) is 37.0 Å². The smallest absolute Gasteiger partial charge is 0.289 e. The molecule has 0 saturated heterocycles. The van der Waals surface area contributed by atoms with Gasteiger partial charge in [-0.15, -0.1) is 0 Å². The maximum absolute atomic E-state index is 12.5. The van der Waals surface area contributed by atoms with Crippen molar-refractivity contribution in [3.63, 3.8) is 0 Å². The number of aryl methyl sites for hydroxylation is 4. The molecular formula is C18H18N4O3. The highest BCUT2D eigenvalue weighted by Gasteiger charge is 2.27. The molecule has 1 atom stereocenters. The fraction of sp³-hybridized carbons (Fsp3) is 0.333. The summed E-state index contributed by atoms with van der Waals surface area (Å²) in [5, 5.41) is 7.00. The van der Waals surface area contributed by atoms with Gasteiger partial charge in [0.25, 0.3) is 5.91 Å². The summed E-state index contributed by atoms with van der Waals surface area (Å²) >= 11 is 0. The largest absolute Gasteiger partial charge is 0.436 e. The molecule has 1 unspecified atom stereocenters. The van der Waals surface area contributed by atoms with E-state index in [0.717, 1.165) is 24.0 Å². The van der Waals surface area contributed by atoms with Crippen LogP contribution in [0.15, 0.2) is 27.1 Å². The number of hydrogen-bond donors (Lipinski definition) is 1. The first-order chi connectivity index (χ1) is 12.0. The molecule has 0 spiro atoms. The van der Waals surface area contributed by atoms with Crippen LogP contribution in [0.1, 0.15) is 51.6 Å².